The molecule has 0 aromatic heterocycles. The second-order valence-electron chi connectivity index (χ2n) is 12.1. The molecule has 3 N–H and O–H groups in total. The number of aliphatic hydroxyl groups excluding tert-OH is 1. The minimum atomic E-state index is -1.67. The van der Waals surface area contributed by atoms with E-state index in [1.165, 1.54) is 13.2 Å². The molecule has 248 valence electrons. The van der Waals surface area contributed by atoms with Crippen molar-refractivity contribution in [3.05, 3.63) is 48.6 Å². The highest BCUT2D eigenvalue weighted by Crippen LogP contribution is 2.44. The molecule has 1 amide bonds. The normalized spacial score (nSPS) is 35.5. The summed E-state index contributed by atoms with van der Waals surface area (Å²) in [6.45, 7) is 11.9. The first-order chi connectivity index (χ1) is 20.8. The summed E-state index contributed by atoms with van der Waals surface area (Å²) in [6.07, 6.45) is 5.69. The Balaban J connectivity index is 1.74. The van der Waals surface area contributed by atoms with Crippen molar-refractivity contribution in [3.8, 4) is 0 Å². The van der Waals surface area contributed by atoms with Crippen LogP contribution in [0, 0.1) is 11.3 Å². The number of nitrogens with one attached hydrogen (secondary N) is 1. The van der Waals surface area contributed by atoms with E-state index in [1.54, 1.807) is 20.3 Å². The number of rotatable bonds is 13. The van der Waals surface area contributed by atoms with E-state index in [0.717, 1.165) is 11.6 Å². The number of fused-ring (bicyclic) bond motifs is 1. The number of ether oxygens (including phenoxy) is 7. The number of allylic oxidation sites excluding steroid dienone is 4. The molecule has 3 saturated heterocycles. The number of hydrogen-bond donors (Lipinski definition) is 3. The van der Waals surface area contributed by atoms with Crippen LogP contribution in [0.2, 0.25) is 0 Å². The lowest BCUT2D eigenvalue weighted by molar-refractivity contribution is -0.332. The van der Waals surface area contributed by atoms with Gasteiger partial charge in [-0.25, -0.2) is 4.79 Å². The number of aliphatic carboxylic acids is 1. The summed E-state index contributed by atoms with van der Waals surface area (Å²) in [5.41, 5.74) is 0.299. The molecule has 0 aromatic carbocycles. The summed E-state index contributed by atoms with van der Waals surface area (Å²) in [4.78, 5) is 24.0. The standard InChI is InChI=1S/C32H49NO11/c1-19-17-32(40-8,44-21(3)20(19)2)27(36)29(37)33-30-26-25(41-18-42-30)28(39-7)31(4,5)23(43-26)16-22(38-6)14-12-10-9-11-13-15-24(34)35/h9,11-15,20-23,25-28,30,36H,1,10,16-18H2,2-8H3,(H,33,37)(H,34,35). The van der Waals surface area contributed by atoms with E-state index in [0.29, 0.717) is 12.8 Å². The van der Waals surface area contributed by atoms with Crippen LogP contribution in [-0.4, -0.2) is 105 Å². The van der Waals surface area contributed by atoms with Gasteiger partial charge in [-0.2, -0.15) is 0 Å². The molecule has 10 atom stereocenters. The van der Waals surface area contributed by atoms with Gasteiger partial charge in [0.2, 0.25) is 5.79 Å². The second kappa shape index (κ2) is 15.7. The van der Waals surface area contributed by atoms with Crippen LogP contribution in [0.15, 0.2) is 48.6 Å². The van der Waals surface area contributed by atoms with Gasteiger partial charge in [0, 0.05) is 51.6 Å². The smallest absolute Gasteiger partial charge is 0.328 e. The summed E-state index contributed by atoms with van der Waals surface area (Å²) in [5.74, 6) is -3.30. The highest BCUT2D eigenvalue weighted by molar-refractivity contribution is 5.82. The summed E-state index contributed by atoms with van der Waals surface area (Å²) in [6, 6.07) is 0. The fourth-order valence-corrected chi connectivity index (χ4v) is 6.00. The third kappa shape index (κ3) is 8.24. The molecule has 44 heavy (non-hydrogen) atoms. The molecule has 12 nitrogen and oxygen atoms in total. The van der Waals surface area contributed by atoms with Crippen molar-refractivity contribution in [2.75, 3.05) is 28.1 Å². The zero-order chi connectivity index (χ0) is 32.7. The van der Waals surface area contributed by atoms with Crippen LogP contribution in [-0.2, 0) is 42.7 Å². The first kappa shape index (κ1) is 36.1. The minimum absolute atomic E-state index is 0.0400. The summed E-state index contributed by atoms with van der Waals surface area (Å²) < 4.78 is 41.6. The van der Waals surface area contributed by atoms with E-state index in [-0.39, 0.29) is 31.3 Å². The molecule has 3 heterocycles. The van der Waals surface area contributed by atoms with Crippen molar-refractivity contribution in [3.63, 3.8) is 0 Å². The third-order valence-corrected chi connectivity index (χ3v) is 8.93. The fourth-order valence-electron chi connectivity index (χ4n) is 6.00. The minimum Gasteiger partial charge on any atom is -0.478 e. The van der Waals surface area contributed by atoms with Crippen molar-refractivity contribution < 1.29 is 53.0 Å². The van der Waals surface area contributed by atoms with Crippen molar-refractivity contribution >= 4 is 11.9 Å². The van der Waals surface area contributed by atoms with Crippen LogP contribution in [0.25, 0.3) is 0 Å². The first-order valence-electron chi connectivity index (χ1n) is 14.9. The average molecular weight is 624 g/mol. The van der Waals surface area contributed by atoms with Gasteiger partial charge in [0.15, 0.2) is 12.3 Å². The van der Waals surface area contributed by atoms with Gasteiger partial charge in [-0.1, -0.05) is 63.3 Å². The van der Waals surface area contributed by atoms with Gasteiger partial charge >= 0.3 is 5.97 Å². The maximum atomic E-state index is 13.4. The SMILES string of the molecule is C=C1CC(OC)(C(O)C(=O)NC2OCOC3C2OC(CC(C=CCC=CC=CC(=O)O)OC)C(C)(C)C3OC)OC(C)C1C. The molecule has 0 aromatic rings. The van der Waals surface area contributed by atoms with E-state index >= 15 is 0 Å². The van der Waals surface area contributed by atoms with E-state index < -0.39 is 59.8 Å². The summed E-state index contributed by atoms with van der Waals surface area (Å²) in [5, 5.41) is 22.6. The number of methoxy groups -OCH3 is 3. The molecular formula is C32H49NO11. The molecule has 10 unspecified atom stereocenters. The number of carboxylic acids is 1. The quantitative estimate of drug-likeness (QED) is 0.158. The molecule has 3 fully saturated rings. The van der Waals surface area contributed by atoms with E-state index in [2.05, 4.69) is 11.9 Å². The van der Waals surface area contributed by atoms with Crippen LogP contribution < -0.4 is 5.32 Å². The fraction of sp³-hybridized carbons (Fsp3) is 0.688. The van der Waals surface area contributed by atoms with E-state index in [4.69, 9.17) is 38.3 Å². The molecule has 0 bridgehead atoms. The lowest BCUT2D eigenvalue weighted by Gasteiger charge is -2.54. The molecule has 3 aliphatic heterocycles. The average Bonchev–Trinajstić information content (AvgIpc) is 2.98. The van der Waals surface area contributed by atoms with Crippen LogP contribution in [0.5, 0.6) is 0 Å². The largest absolute Gasteiger partial charge is 0.478 e. The van der Waals surface area contributed by atoms with Gasteiger partial charge in [-0.15, -0.1) is 0 Å². The highest BCUT2D eigenvalue weighted by Gasteiger charge is 2.57. The van der Waals surface area contributed by atoms with Gasteiger partial charge in [0.25, 0.3) is 5.91 Å². The number of carboxylic acid groups (broad SMARTS) is 1. The lowest BCUT2D eigenvalue weighted by Crippen LogP contribution is -2.69. The second-order valence-corrected chi connectivity index (χ2v) is 12.1. The third-order valence-electron chi connectivity index (χ3n) is 8.93. The van der Waals surface area contributed by atoms with E-state index in [9.17, 15) is 14.7 Å². The Morgan fingerprint density at radius 3 is 2.48 bits per heavy atom. The van der Waals surface area contributed by atoms with Crippen LogP contribution in [0.1, 0.15) is 47.0 Å². The molecule has 3 aliphatic rings. The Labute approximate surface area is 260 Å². The van der Waals surface area contributed by atoms with Crippen LogP contribution in [0.4, 0.5) is 0 Å². The molecule has 3 rings (SSSR count). The molecule has 0 saturated carbocycles. The Morgan fingerprint density at radius 1 is 1.14 bits per heavy atom. The van der Waals surface area contributed by atoms with Crippen molar-refractivity contribution in [2.24, 2.45) is 11.3 Å². The number of amides is 1. The predicted molar refractivity (Wildman–Crippen MR) is 160 cm³/mol. The molecule has 12 heteroatoms. The zero-order valence-electron chi connectivity index (χ0n) is 26.8. The van der Waals surface area contributed by atoms with Gasteiger partial charge in [0.1, 0.15) is 19.0 Å². The Hall–Kier alpha value is -2.42. The van der Waals surface area contributed by atoms with E-state index in [1.807, 2.05) is 45.9 Å². The Kier molecular flexibility index (Phi) is 12.9. The molecule has 0 spiro atoms. The molecule has 0 aliphatic carbocycles. The molecular weight excluding hydrogens is 574 g/mol. The number of hydrogen-bond acceptors (Lipinski definition) is 10. The van der Waals surface area contributed by atoms with Crippen molar-refractivity contribution in [1.82, 2.24) is 5.32 Å². The van der Waals surface area contributed by atoms with Crippen LogP contribution in [0.3, 0.4) is 0 Å². The highest BCUT2D eigenvalue weighted by atomic mass is 16.7. The topological polar surface area (TPSA) is 151 Å². The van der Waals surface area contributed by atoms with Gasteiger partial charge in [0.05, 0.1) is 24.4 Å². The van der Waals surface area contributed by atoms with Gasteiger partial charge < -0.3 is 48.7 Å². The summed E-state index contributed by atoms with van der Waals surface area (Å²) in [7, 11) is 4.61. The van der Waals surface area contributed by atoms with Crippen LogP contribution >= 0.6 is 0 Å². The van der Waals surface area contributed by atoms with Gasteiger partial charge in [-0.05, 0) is 13.3 Å². The monoisotopic (exact) mass is 623 g/mol. The number of carbonyl (C=O) groups excluding carboxylic acids is 1. The van der Waals surface area contributed by atoms with Crippen molar-refractivity contribution in [1.29, 1.82) is 0 Å². The van der Waals surface area contributed by atoms with Gasteiger partial charge in [-0.3, -0.25) is 4.79 Å². The lowest BCUT2D eigenvalue weighted by atomic mass is 9.72. The maximum absolute atomic E-state index is 13.4. The first-order valence-corrected chi connectivity index (χ1v) is 14.9. The maximum Gasteiger partial charge on any atom is 0.328 e. The number of aliphatic hydroxyl groups is 1. The molecule has 0 radical (unpaired) electrons. The predicted octanol–water partition coefficient (Wildman–Crippen LogP) is 2.86. The zero-order valence-corrected chi connectivity index (χ0v) is 26.8. The summed E-state index contributed by atoms with van der Waals surface area (Å²) >= 11 is 0. The Bertz CT molecular complexity index is 1090. The Morgan fingerprint density at radius 2 is 1.86 bits per heavy atom. The van der Waals surface area contributed by atoms with Crippen molar-refractivity contribution in [2.45, 2.75) is 102 Å². The number of carbonyl (C=O) groups is 2.